The van der Waals surface area contributed by atoms with Crippen LogP contribution in [0.25, 0.3) is 0 Å². The second kappa shape index (κ2) is 8.13. The maximum Gasteiger partial charge on any atom is 0.313 e. The van der Waals surface area contributed by atoms with Gasteiger partial charge in [-0.05, 0) is 37.5 Å². The number of nitrogens with one attached hydrogen (secondary N) is 2. The van der Waals surface area contributed by atoms with Gasteiger partial charge in [0, 0.05) is 19.7 Å². The number of methoxy groups -OCH3 is 1. The Kier molecular flexibility index (Phi) is 5.85. The van der Waals surface area contributed by atoms with Crippen LogP contribution in [0.2, 0.25) is 0 Å². The maximum atomic E-state index is 12.2. The molecule has 2 saturated heterocycles. The van der Waals surface area contributed by atoms with Crippen LogP contribution in [0.4, 0.5) is 11.4 Å². The molecule has 27 heavy (non-hydrogen) atoms. The van der Waals surface area contributed by atoms with E-state index in [4.69, 9.17) is 9.47 Å². The number of benzene rings is 1. The molecule has 0 aliphatic carbocycles. The highest BCUT2D eigenvalue weighted by atomic mass is 32.2. The molecule has 2 fully saturated rings. The minimum atomic E-state index is -3.35. The van der Waals surface area contributed by atoms with Gasteiger partial charge in [-0.3, -0.25) is 13.9 Å². The molecule has 0 radical (unpaired) electrons. The van der Waals surface area contributed by atoms with Crippen molar-refractivity contribution in [1.29, 1.82) is 0 Å². The first-order valence-corrected chi connectivity index (χ1v) is 10.4. The molecule has 9 nitrogen and oxygen atoms in total. The third-order valence-electron chi connectivity index (χ3n) is 4.54. The molecule has 0 bridgehead atoms. The van der Waals surface area contributed by atoms with Crippen molar-refractivity contribution in [2.24, 2.45) is 0 Å². The van der Waals surface area contributed by atoms with E-state index in [2.05, 4.69) is 10.6 Å². The first kappa shape index (κ1) is 19.4. The molecule has 10 heteroatoms. The van der Waals surface area contributed by atoms with Gasteiger partial charge in [0.25, 0.3) is 0 Å². The second-order valence-electron chi connectivity index (χ2n) is 6.43. The van der Waals surface area contributed by atoms with Crippen molar-refractivity contribution in [3.63, 3.8) is 0 Å². The van der Waals surface area contributed by atoms with Crippen LogP contribution in [0.3, 0.4) is 0 Å². The largest absolute Gasteiger partial charge is 0.495 e. The van der Waals surface area contributed by atoms with Gasteiger partial charge in [0.05, 0.1) is 30.3 Å². The fourth-order valence-electron chi connectivity index (χ4n) is 3.15. The van der Waals surface area contributed by atoms with Crippen LogP contribution in [0, 0.1) is 0 Å². The number of rotatable bonds is 5. The summed E-state index contributed by atoms with van der Waals surface area (Å²) in [7, 11) is -1.93. The van der Waals surface area contributed by atoms with E-state index in [9.17, 15) is 18.0 Å². The summed E-state index contributed by atoms with van der Waals surface area (Å²) in [6, 6.07) is 4.66. The maximum absolute atomic E-state index is 12.2. The number of amides is 2. The Morgan fingerprint density at radius 3 is 2.74 bits per heavy atom. The summed E-state index contributed by atoms with van der Waals surface area (Å²) in [5.41, 5.74) is 0.651. The van der Waals surface area contributed by atoms with Gasteiger partial charge >= 0.3 is 11.8 Å². The standard InChI is InChI=1S/C17H23N3O6S/c1-25-15-6-5-12(20-7-3-9-27(20,23)24)10-14(15)19-17(22)16(21)18-11-13-4-2-8-26-13/h5-6,10,13H,2-4,7-9,11H2,1H3,(H,18,21)(H,19,22)/t13-/m1/s1. The van der Waals surface area contributed by atoms with Gasteiger partial charge in [-0.15, -0.1) is 0 Å². The Hall–Kier alpha value is -2.33. The van der Waals surface area contributed by atoms with Crippen molar-refractivity contribution in [2.75, 3.05) is 42.2 Å². The van der Waals surface area contributed by atoms with E-state index in [1.54, 1.807) is 12.1 Å². The molecule has 2 aliphatic rings. The molecule has 2 heterocycles. The lowest BCUT2D eigenvalue weighted by molar-refractivity contribution is -0.136. The molecular formula is C17H23N3O6S. The van der Waals surface area contributed by atoms with Crippen LogP contribution >= 0.6 is 0 Å². The molecule has 2 aliphatic heterocycles. The van der Waals surface area contributed by atoms with Crippen molar-refractivity contribution in [3.05, 3.63) is 18.2 Å². The van der Waals surface area contributed by atoms with Crippen LogP contribution < -0.4 is 19.7 Å². The number of ether oxygens (including phenoxy) is 2. The Labute approximate surface area is 158 Å². The number of anilines is 2. The Morgan fingerprint density at radius 2 is 2.11 bits per heavy atom. The summed E-state index contributed by atoms with van der Waals surface area (Å²) in [5.74, 6) is -1.22. The van der Waals surface area contributed by atoms with Gasteiger partial charge in [-0.2, -0.15) is 0 Å². The highest BCUT2D eigenvalue weighted by Gasteiger charge is 2.29. The molecule has 0 aromatic heterocycles. The van der Waals surface area contributed by atoms with Gasteiger partial charge in [0.2, 0.25) is 10.0 Å². The number of carbonyl (C=O) groups excluding carboxylic acids is 2. The summed E-state index contributed by atoms with van der Waals surface area (Å²) in [4.78, 5) is 24.2. The SMILES string of the molecule is COc1ccc(N2CCCS2(=O)=O)cc1NC(=O)C(=O)NC[C@H]1CCCO1. The van der Waals surface area contributed by atoms with Gasteiger partial charge in [-0.1, -0.05) is 0 Å². The zero-order valence-electron chi connectivity index (χ0n) is 15.1. The average Bonchev–Trinajstić information content (AvgIpc) is 3.28. The highest BCUT2D eigenvalue weighted by Crippen LogP contribution is 2.32. The lowest BCUT2D eigenvalue weighted by atomic mass is 10.2. The molecule has 1 aromatic carbocycles. The Morgan fingerprint density at radius 1 is 1.30 bits per heavy atom. The van der Waals surface area contributed by atoms with Crippen LogP contribution in [-0.2, 0) is 24.3 Å². The molecule has 0 unspecified atom stereocenters. The number of hydrogen-bond acceptors (Lipinski definition) is 6. The molecule has 3 rings (SSSR count). The molecule has 0 spiro atoms. The molecule has 1 atom stereocenters. The highest BCUT2D eigenvalue weighted by molar-refractivity contribution is 7.93. The van der Waals surface area contributed by atoms with E-state index in [0.29, 0.717) is 31.0 Å². The van der Waals surface area contributed by atoms with Crippen LogP contribution in [0.15, 0.2) is 18.2 Å². The van der Waals surface area contributed by atoms with Crippen molar-refractivity contribution in [2.45, 2.75) is 25.4 Å². The van der Waals surface area contributed by atoms with E-state index in [-0.39, 0.29) is 24.1 Å². The number of nitrogens with zero attached hydrogens (tertiary/aromatic N) is 1. The fraction of sp³-hybridized carbons (Fsp3) is 0.529. The quantitative estimate of drug-likeness (QED) is 0.698. The van der Waals surface area contributed by atoms with E-state index in [1.807, 2.05) is 0 Å². The summed E-state index contributed by atoms with van der Waals surface area (Å²) >= 11 is 0. The van der Waals surface area contributed by atoms with Crippen molar-refractivity contribution >= 4 is 33.2 Å². The smallest absolute Gasteiger partial charge is 0.313 e. The van der Waals surface area contributed by atoms with Crippen LogP contribution in [-0.4, -0.2) is 58.9 Å². The first-order chi connectivity index (χ1) is 12.9. The lowest BCUT2D eigenvalue weighted by Gasteiger charge is -2.19. The molecule has 0 saturated carbocycles. The van der Waals surface area contributed by atoms with Crippen LogP contribution in [0.1, 0.15) is 19.3 Å². The lowest BCUT2D eigenvalue weighted by Crippen LogP contribution is -2.39. The van der Waals surface area contributed by atoms with Gasteiger partial charge in [0.1, 0.15) is 5.75 Å². The fourth-order valence-corrected chi connectivity index (χ4v) is 4.71. The van der Waals surface area contributed by atoms with E-state index < -0.39 is 21.8 Å². The molecule has 2 N–H and O–H groups in total. The second-order valence-corrected chi connectivity index (χ2v) is 8.44. The minimum Gasteiger partial charge on any atom is -0.495 e. The zero-order chi connectivity index (χ0) is 19.4. The normalized spacial score (nSPS) is 21.1. The van der Waals surface area contributed by atoms with Gasteiger partial charge < -0.3 is 20.1 Å². The van der Waals surface area contributed by atoms with Gasteiger partial charge in [-0.25, -0.2) is 8.42 Å². The van der Waals surface area contributed by atoms with Crippen molar-refractivity contribution in [1.82, 2.24) is 5.32 Å². The summed E-state index contributed by atoms with van der Waals surface area (Å²) in [5, 5.41) is 5.03. The summed E-state index contributed by atoms with van der Waals surface area (Å²) < 4.78 is 36.1. The number of hydrogen-bond donors (Lipinski definition) is 2. The summed E-state index contributed by atoms with van der Waals surface area (Å²) in [6.07, 6.45) is 2.26. The first-order valence-electron chi connectivity index (χ1n) is 8.80. The molecule has 2 amide bonds. The Balaban J connectivity index is 1.69. The average molecular weight is 397 g/mol. The Bertz CT molecular complexity index is 820. The zero-order valence-corrected chi connectivity index (χ0v) is 15.9. The number of sulfonamides is 1. The third-order valence-corrected chi connectivity index (χ3v) is 6.41. The molecule has 148 valence electrons. The minimum absolute atomic E-state index is 0.0695. The monoisotopic (exact) mass is 397 g/mol. The molecule has 1 aromatic rings. The van der Waals surface area contributed by atoms with E-state index in [1.165, 1.54) is 17.5 Å². The van der Waals surface area contributed by atoms with Crippen molar-refractivity contribution in [3.8, 4) is 5.75 Å². The summed E-state index contributed by atoms with van der Waals surface area (Å²) in [6.45, 7) is 1.31. The van der Waals surface area contributed by atoms with E-state index >= 15 is 0 Å². The van der Waals surface area contributed by atoms with Crippen molar-refractivity contribution < 1.29 is 27.5 Å². The van der Waals surface area contributed by atoms with Gasteiger partial charge in [0.15, 0.2) is 0 Å². The van der Waals surface area contributed by atoms with Crippen LogP contribution in [0.5, 0.6) is 5.75 Å². The third kappa shape index (κ3) is 4.51. The van der Waals surface area contributed by atoms with E-state index in [0.717, 1.165) is 12.8 Å². The predicted octanol–water partition coefficient (Wildman–Crippen LogP) is 0.469. The number of carbonyl (C=O) groups is 2. The topological polar surface area (TPSA) is 114 Å². The predicted molar refractivity (Wildman–Crippen MR) is 99.4 cm³/mol. The molecular weight excluding hydrogens is 374 g/mol.